The average molecular weight is 408 g/mol. The van der Waals surface area contributed by atoms with E-state index in [4.69, 9.17) is 0 Å². The number of rotatable bonds is 13. The van der Waals surface area contributed by atoms with Crippen LogP contribution < -0.4 is 0 Å². The maximum atomic E-state index is 10.9. The van der Waals surface area contributed by atoms with Crippen molar-refractivity contribution in [3.05, 3.63) is 0 Å². The second kappa shape index (κ2) is 17.9. The molecule has 0 atom stereocenters. The van der Waals surface area contributed by atoms with Crippen molar-refractivity contribution in [3.63, 3.8) is 0 Å². The molecule has 3 heteroatoms. The molecule has 2 nitrogen and oxygen atoms in total. The van der Waals surface area contributed by atoms with Crippen LogP contribution in [0.3, 0.4) is 0 Å². The predicted molar refractivity (Wildman–Crippen MR) is 91.4 cm³/mol. The zero-order valence-corrected chi connectivity index (χ0v) is 16.2. The third-order valence-corrected chi connectivity index (χ3v) is 5.64. The van der Waals surface area contributed by atoms with Crippen LogP contribution in [0.5, 0.6) is 0 Å². The number of unbranched alkanes of at least 4 members (excludes halogenated alkanes) is 9. The van der Waals surface area contributed by atoms with Crippen LogP contribution >= 0.6 is 0 Å². The summed E-state index contributed by atoms with van der Waals surface area (Å²) in [4.78, 5) is 10.9. The molecular weight excluding hydrogens is 376 g/mol. The van der Waals surface area contributed by atoms with Crippen molar-refractivity contribution in [2.45, 2.75) is 88.4 Å². The average Bonchev–Trinajstić information content (AvgIpc) is 2.50. The summed E-state index contributed by atoms with van der Waals surface area (Å²) in [5, 5.41) is 0. The van der Waals surface area contributed by atoms with E-state index >= 15 is 0 Å². The fourth-order valence-electron chi connectivity index (χ4n) is 2.05. The van der Waals surface area contributed by atoms with Crippen molar-refractivity contribution >= 4 is 26.9 Å². The van der Waals surface area contributed by atoms with Gasteiger partial charge in [-0.25, -0.2) is 0 Å². The summed E-state index contributed by atoms with van der Waals surface area (Å²) in [6.07, 6.45) is 14.4. The molecule has 0 fully saturated rings. The number of carbonyl (C=O) groups is 1. The summed E-state index contributed by atoms with van der Waals surface area (Å²) in [6, 6.07) is 0. The fourth-order valence-corrected chi connectivity index (χ4v) is 3.91. The molecule has 0 spiro atoms. The molecule has 21 heavy (non-hydrogen) atoms. The molecule has 0 unspecified atom stereocenters. The van der Waals surface area contributed by atoms with Crippen molar-refractivity contribution < 1.29 is 9.53 Å². The van der Waals surface area contributed by atoms with Gasteiger partial charge >= 0.3 is 142 Å². The van der Waals surface area contributed by atoms with E-state index in [1.165, 1.54) is 62.9 Å². The third-order valence-electron chi connectivity index (χ3n) is 3.40. The minimum absolute atomic E-state index is 0.0486. The van der Waals surface area contributed by atoms with E-state index in [1.807, 2.05) is 0 Å². The monoisotopic (exact) mass is 410 g/mol. The molecule has 0 aliphatic heterocycles. The number of hydrogen-bond donors (Lipinski definition) is 0. The van der Waals surface area contributed by atoms with Crippen LogP contribution in [-0.2, 0) is 9.53 Å². The number of carbonyl (C=O) groups excluding carboxylic acids is 1. The van der Waals surface area contributed by atoms with Gasteiger partial charge in [-0.15, -0.1) is 0 Å². The molecule has 0 aliphatic rings. The van der Waals surface area contributed by atoms with Crippen LogP contribution in [0, 0.1) is 9.89 Å². The molecule has 0 amide bonds. The second-order valence-corrected chi connectivity index (χ2v) is 7.96. The van der Waals surface area contributed by atoms with Gasteiger partial charge in [0.1, 0.15) is 0 Å². The Morgan fingerprint density at radius 2 is 1.62 bits per heavy atom. The molecular formula is C18H32O2Te. The van der Waals surface area contributed by atoms with E-state index in [0.717, 1.165) is 19.3 Å². The van der Waals surface area contributed by atoms with Crippen LogP contribution in [0.1, 0.15) is 84.0 Å². The predicted octanol–water partition coefficient (Wildman–Crippen LogP) is 4.94. The summed E-state index contributed by atoms with van der Waals surface area (Å²) in [5.74, 6) is 3.27. The Bertz CT molecular complexity index is 291. The molecule has 0 bridgehead atoms. The summed E-state index contributed by atoms with van der Waals surface area (Å²) < 4.78 is 9.39. The van der Waals surface area contributed by atoms with Crippen molar-refractivity contribution in [2.24, 2.45) is 0 Å². The molecule has 0 aromatic rings. The second-order valence-electron chi connectivity index (χ2n) is 5.39. The first-order chi connectivity index (χ1) is 10.3. The molecule has 0 radical (unpaired) electrons. The molecule has 0 aliphatic carbocycles. The topological polar surface area (TPSA) is 26.3 Å². The molecule has 0 aromatic carbocycles. The van der Waals surface area contributed by atoms with Gasteiger partial charge in [0.2, 0.25) is 0 Å². The van der Waals surface area contributed by atoms with Gasteiger partial charge in [-0.2, -0.15) is 0 Å². The normalized spacial score (nSPS) is 10.0. The van der Waals surface area contributed by atoms with Gasteiger partial charge in [0.25, 0.3) is 0 Å². The SMILES string of the molecule is CCCCCCCC#C[Te]CCCCCCCC(=O)OC. The summed E-state index contributed by atoms with van der Waals surface area (Å²) >= 11 is -0.0486. The number of ether oxygens (including phenoxy) is 1. The van der Waals surface area contributed by atoms with Crippen LogP contribution in [0.2, 0.25) is 4.47 Å². The van der Waals surface area contributed by atoms with Crippen molar-refractivity contribution in [1.82, 2.24) is 0 Å². The van der Waals surface area contributed by atoms with Gasteiger partial charge in [0, 0.05) is 0 Å². The number of hydrogen-bond acceptors (Lipinski definition) is 2. The molecule has 0 N–H and O–H groups in total. The van der Waals surface area contributed by atoms with E-state index in [-0.39, 0.29) is 26.9 Å². The molecule has 0 aromatic heterocycles. The summed E-state index contributed by atoms with van der Waals surface area (Å²) in [7, 11) is 1.46. The third kappa shape index (κ3) is 17.8. The van der Waals surface area contributed by atoms with Gasteiger partial charge in [0.15, 0.2) is 0 Å². The Balaban J connectivity index is 3.13. The molecule has 0 rings (SSSR count). The van der Waals surface area contributed by atoms with Crippen molar-refractivity contribution in [2.75, 3.05) is 7.11 Å². The first kappa shape index (κ1) is 20.8. The van der Waals surface area contributed by atoms with Crippen molar-refractivity contribution in [1.29, 1.82) is 0 Å². The quantitative estimate of drug-likeness (QED) is 0.187. The van der Waals surface area contributed by atoms with E-state index in [2.05, 4.69) is 21.5 Å². The number of esters is 1. The summed E-state index contributed by atoms with van der Waals surface area (Å²) in [6.45, 7) is 2.25. The van der Waals surface area contributed by atoms with Gasteiger partial charge in [-0.05, 0) is 0 Å². The van der Waals surface area contributed by atoms with Crippen molar-refractivity contribution in [3.8, 4) is 9.89 Å². The van der Waals surface area contributed by atoms with Gasteiger partial charge in [-0.1, -0.05) is 0 Å². The Labute approximate surface area is 141 Å². The van der Waals surface area contributed by atoms with Gasteiger partial charge in [-0.3, -0.25) is 0 Å². The Morgan fingerprint density at radius 3 is 2.38 bits per heavy atom. The summed E-state index contributed by atoms with van der Waals surface area (Å²) in [5.41, 5.74) is 0. The molecule has 0 saturated heterocycles. The van der Waals surface area contributed by atoms with Crippen LogP contribution in [0.15, 0.2) is 0 Å². The zero-order valence-electron chi connectivity index (χ0n) is 13.9. The van der Waals surface area contributed by atoms with E-state index in [1.54, 1.807) is 0 Å². The van der Waals surface area contributed by atoms with Gasteiger partial charge in [0.05, 0.1) is 0 Å². The Hall–Kier alpha value is -0.180. The zero-order chi connectivity index (χ0) is 15.6. The minimum atomic E-state index is -0.0769. The van der Waals surface area contributed by atoms with E-state index in [9.17, 15) is 4.79 Å². The molecule has 122 valence electrons. The fraction of sp³-hybridized carbons (Fsp3) is 0.833. The first-order valence-corrected chi connectivity index (χ1v) is 11.3. The molecule has 0 heterocycles. The Kier molecular flexibility index (Phi) is 17.7. The van der Waals surface area contributed by atoms with E-state index < -0.39 is 0 Å². The van der Waals surface area contributed by atoms with E-state index in [0.29, 0.717) is 6.42 Å². The number of methoxy groups -OCH3 is 1. The van der Waals surface area contributed by atoms with Gasteiger partial charge < -0.3 is 0 Å². The maximum absolute atomic E-state index is 10.9. The van der Waals surface area contributed by atoms with Crippen LogP contribution in [0.25, 0.3) is 0 Å². The Morgan fingerprint density at radius 1 is 0.952 bits per heavy atom. The standard InChI is InChI=1S/C18H32O2Te/c1-3-4-5-6-7-10-13-16-21-17-14-11-8-9-12-15-18(19)20-2/h3-12,14-15,17H2,1-2H3. The molecule has 0 saturated carbocycles. The first-order valence-electron chi connectivity index (χ1n) is 8.47. The van der Waals surface area contributed by atoms with Crippen LogP contribution in [-0.4, -0.2) is 34.0 Å². The van der Waals surface area contributed by atoms with Crippen LogP contribution in [0.4, 0.5) is 0 Å².